The van der Waals surface area contributed by atoms with Crippen LogP contribution in [0.25, 0.3) is 0 Å². The Morgan fingerprint density at radius 1 is 1.24 bits per heavy atom. The topological polar surface area (TPSA) is 35.8 Å². The van der Waals surface area contributed by atoms with Crippen molar-refractivity contribution >= 4 is 28.9 Å². The fraction of sp³-hybridized carbons (Fsp3) is 0.188. The number of hydrogen-bond donors (Lipinski definition) is 1. The second kappa shape index (κ2) is 6.34. The zero-order chi connectivity index (χ0) is 15.6. The quantitative estimate of drug-likeness (QED) is 0.759. The van der Waals surface area contributed by atoms with Gasteiger partial charge >= 0.3 is 0 Å². The highest BCUT2D eigenvalue weighted by Crippen LogP contribution is 2.31. The number of halogens is 3. The van der Waals surface area contributed by atoms with Crippen LogP contribution < -0.4 is 5.32 Å². The molecule has 0 fully saturated rings. The molecule has 21 heavy (non-hydrogen) atoms. The molecule has 2 aromatic rings. The highest BCUT2D eigenvalue weighted by molar-refractivity contribution is 6.35. The largest absolute Gasteiger partial charge is 0.377 e. The number of hydrogen-bond acceptors (Lipinski definition) is 2. The predicted molar refractivity (Wildman–Crippen MR) is 84.4 cm³/mol. The van der Waals surface area contributed by atoms with Gasteiger partial charge in [0.25, 0.3) is 0 Å². The molecule has 108 valence electrons. The van der Waals surface area contributed by atoms with Crippen molar-refractivity contribution in [1.29, 1.82) is 5.26 Å². The van der Waals surface area contributed by atoms with Crippen LogP contribution >= 0.6 is 23.2 Å². The van der Waals surface area contributed by atoms with Gasteiger partial charge in [-0.15, -0.1) is 0 Å². The van der Waals surface area contributed by atoms with E-state index in [1.807, 2.05) is 32.0 Å². The molecular formula is C16H13Cl2FN2. The number of nitrogens with zero attached hydrogens (tertiary/aromatic N) is 1. The molecule has 2 aromatic carbocycles. The van der Waals surface area contributed by atoms with E-state index >= 15 is 0 Å². The number of anilines is 1. The molecule has 0 aliphatic heterocycles. The van der Waals surface area contributed by atoms with Crippen LogP contribution in [-0.4, -0.2) is 0 Å². The first kappa shape index (κ1) is 15.6. The van der Waals surface area contributed by atoms with Gasteiger partial charge in [0.05, 0.1) is 22.3 Å². The summed E-state index contributed by atoms with van der Waals surface area (Å²) in [5.41, 5.74) is 2.72. The summed E-state index contributed by atoms with van der Waals surface area (Å²) in [6.45, 7) is 3.71. The summed E-state index contributed by atoms with van der Waals surface area (Å²) in [5, 5.41) is 12.8. The summed E-state index contributed by atoms with van der Waals surface area (Å²) < 4.78 is 13.6. The van der Waals surface area contributed by atoms with Crippen molar-refractivity contribution < 1.29 is 4.39 Å². The van der Waals surface area contributed by atoms with Crippen LogP contribution in [0.5, 0.6) is 0 Å². The normalized spacial score (nSPS) is 11.8. The molecule has 0 aliphatic carbocycles. The van der Waals surface area contributed by atoms with E-state index in [1.54, 1.807) is 0 Å². The Hall–Kier alpha value is -1.76. The Bertz CT molecular complexity index is 723. The van der Waals surface area contributed by atoms with Gasteiger partial charge < -0.3 is 5.32 Å². The van der Waals surface area contributed by atoms with E-state index in [-0.39, 0.29) is 11.1 Å². The van der Waals surface area contributed by atoms with Gasteiger partial charge in [0.15, 0.2) is 0 Å². The lowest BCUT2D eigenvalue weighted by Gasteiger charge is -2.19. The lowest BCUT2D eigenvalue weighted by Crippen LogP contribution is -2.09. The minimum Gasteiger partial charge on any atom is -0.377 e. The van der Waals surface area contributed by atoms with Crippen molar-refractivity contribution in [3.8, 4) is 6.07 Å². The Kier molecular flexibility index (Phi) is 4.72. The molecule has 5 heteroatoms. The van der Waals surface area contributed by atoms with Crippen LogP contribution in [0.1, 0.15) is 29.7 Å². The summed E-state index contributed by atoms with van der Waals surface area (Å²) >= 11 is 11.8. The number of benzene rings is 2. The van der Waals surface area contributed by atoms with E-state index in [2.05, 4.69) is 11.4 Å². The third-order valence-corrected chi connectivity index (χ3v) is 3.88. The first-order chi connectivity index (χ1) is 9.93. The monoisotopic (exact) mass is 322 g/mol. The van der Waals surface area contributed by atoms with Crippen molar-refractivity contribution in [2.75, 3.05) is 5.32 Å². The fourth-order valence-corrected chi connectivity index (χ4v) is 2.66. The highest BCUT2D eigenvalue weighted by atomic mass is 35.5. The zero-order valence-electron chi connectivity index (χ0n) is 11.5. The Morgan fingerprint density at radius 2 is 1.95 bits per heavy atom. The van der Waals surface area contributed by atoms with Crippen LogP contribution in [-0.2, 0) is 0 Å². The molecule has 1 atom stereocenters. The molecule has 0 bridgehead atoms. The van der Waals surface area contributed by atoms with Gasteiger partial charge in [-0.2, -0.15) is 5.26 Å². The van der Waals surface area contributed by atoms with E-state index < -0.39 is 5.82 Å². The molecule has 0 spiro atoms. The van der Waals surface area contributed by atoms with Crippen LogP contribution in [0.3, 0.4) is 0 Å². The van der Waals surface area contributed by atoms with E-state index in [9.17, 15) is 9.65 Å². The first-order valence-corrected chi connectivity index (χ1v) is 7.10. The third kappa shape index (κ3) is 3.29. The average Bonchev–Trinajstić information content (AvgIpc) is 2.43. The maximum atomic E-state index is 13.6. The molecular weight excluding hydrogens is 310 g/mol. The smallest absolute Gasteiger partial charge is 0.142 e. The molecule has 2 nitrogen and oxygen atoms in total. The van der Waals surface area contributed by atoms with Crippen molar-refractivity contribution in [2.45, 2.75) is 19.9 Å². The molecule has 0 heterocycles. The number of rotatable bonds is 3. The van der Waals surface area contributed by atoms with Gasteiger partial charge in [-0.3, -0.25) is 0 Å². The number of nitriles is 1. The highest BCUT2D eigenvalue weighted by Gasteiger charge is 2.15. The third-order valence-electron chi connectivity index (χ3n) is 3.26. The molecule has 0 radical (unpaired) electrons. The second-order valence-electron chi connectivity index (χ2n) is 4.76. The fourth-order valence-electron chi connectivity index (χ4n) is 2.12. The number of nitrogens with one attached hydrogen (secondary N) is 1. The van der Waals surface area contributed by atoms with Crippen molar-refractivity contribution in [3.63, 3.8) is 0 Å². The van der Waals surface area contributed by atoms with Crippen molar-refractivity contribution in [2.24, 2.45) is 0 Å². The summed E-state index contributed by atoms with van der Waals surface area (Å²) in [6.07, 6.45) is 0. The SMILES string of the molecule is Cc1cccc(NC(C)c2cc(F)c(Cl)cc2Cl)c1C#N. The van der Waals surface area contributed by atoms with E-state index in [1.165, 1.54) is 12.1 Å². The van der Waals surface area contributed by atoms with Crippen LogP contribution in [0.2, 0.25) is 10.0 Å². The van der Waals surface area contributed by atoms with Crippen LogP contribution in [0, 0.1) is 24.1 Å². The van der Waals surface area contributed by atoms with Crippen molar-refractivity contribution in [1.82, 2.24) is 0 Å². The summed E-state index contributed by atoms with van der Waals surface area (Å²) in [7, 11) is 0. The van der Waals surface area contributed by atoms with Gasteiger partial charge in [0, 0.05) is 5.02 Å². The molecule has 0 amide bonds. The standard InChI is InChI=1S/C16H13Cl2FN2/c1-9-4-3-5-16(12(9)8-20)21-10(2)11-6-15(19)14(18)7-13(11)17/h3-7,10,21H,1-2H3. The Labute approximate surface area is 133 Å². The maximum absolute atomic E-state index is 13.6. The van der Waals surface area contributed by atoms with Gasteiger partial charge in [-0.1, -0.05) is 35.3 Å². The van der Waals surface area contributed by atoms with Gasteiger partial charge in [0.2, 0.25) is 0 Å². The Morgan fingerprint density at radius 3 is 2.62 bits per heavy atom. The molecule has 0 saturated heterocycles. The summed E-state index contributed by atoms with van der Waals surface area (Å²) in [6, 6.07) is 10.1. The predicted octanol–water partition coefficient (Wildman–Crippen LogP) is 5.49. The molecule has 1 N–H and O–H groups in total. The van der Waals surface area contributed by atoms with E-state index in [0.29, 0.717) is 21.8 Å². The molecule has 0 aliphatic rings. The molecule has 0 saturated carbocycles. The van der Waals surface area contributed by atoms with Crippen LogP contribution in [0.15, 0.2) is 30.3 Å². The molecule has 2 rings (SSSR count). The first-order valence-electron chi connectivity index (χ1n) is 6.34. The van der Waals surface area contributed by atoms with Crippen LogP contribution in [0.4, 0.5) is 10.1 Å². The molecule has 0 aromatic heterocycles. The minimum atomic E-state index is -0.519. The van der Waals surface area contributed by atoms with Crippen molar-refractivity contribution in [3.05, 3.63) is 62.9 Å². The molecule has 1 unspecified atom stereocenters. The number of aryl methyl sites for hydroxylation is 1. The lowest BCUT2D eigenvalue weighted by atomic mass is 10.0. The van der Waals surface area contributed by atoms with E-state index in [0.717, 1.165) is 5.56 Å². The zero-order valence-corrected chi connectivity index (χ0v) is 13.1. The summed E-state index contributed by atoms with van der Waals surface area (Å²) in [4.78, 5) is 0. The Balaban J connectivity index is 2.35. The minimum absolute atomic E-state index is 0.00998. The van der Waals surface area contributed by atoms with Gasteiger partial charge in [-0.05, 0) is 43.2 Å². The van der Waals surface area contributed by atoms with Gasteiger partial charge in [-0.25, -0.2) is 4.39 Å². The summed E-state index contributed by atoms with van der Waals surface area (Å²) in [5.74, 6) is -0.519. The van der Waals surface area contributed by atoms with Gasteiger partial charge in [0.1, 0.15) is 11.9 Å². The lowest BCUT2D eigenvalue weighted by molar-refractivity contribution is 0.624. The second-order valence-corrected chi connectivity index (χ2v) is 5.58. The maximum Gasteiger partial charge on any atom is 0.142 e. The van der Waals surface area contributed by atoms with E-state index in [4.69, 9.17) is 23.2 Å². The average molecular weight is 323 g/mol.